The highest BCUT2D eigenvalue weighted by molar-refractivity contribution is 5.95. The van der Waals surface area contributed by atoms with Crippen molar-refractivity contribution >= 4 is 10.8 Å². The number of hydrogen-bond donors (Lipinski definition) is 2. The largest absolute Gasteiger partial charge is 0.488 e. The van der Waals surface area contributed by atoms with Crippen molar-refractivity contribution in [1.82, 2.24) is 19.9 Å². The average Bonchev–Trinajstić information content (AvgIpc) is 3.47. The van der Waals surface area contributed by atoms with Crippen molar-refractivity contribution in [1.29, 1.82) is 0 Å². The van der Waals surface area contributed by atoms with Gasteiger partial charge >= 0.3 is 0 Å². The van der Waals surface area contributed by atoms with Gasteiger partial charge in [-0.2, -0.15) is 0 Å². The van der Waals surface area contributed by atoms with Crippen LogP contribution in [0.15, 0.2) is 60.9 Å². The van der Waals surface area contributed by atoms with Crippen LogP contribution in [-0.4, -0.2) is 19.9 Å². The number of fused-ring (bicyclic) bond motifs is 5. The molecule has 3 heterocycles. The number of benzene rings is 3. The molecule has 0 aliphatic carbocycles. The monoisotopic (exact) mass is 420 g/mol. The first-order valence-corrected chi connectivity index (χ1v) is 11.0. The molecule has 0 saturated carbocycles. The molecular weight excluding hydrogens is 396 g/mol. The second-order valence-electron chi connectivity index (χ2n) is 8.75. The number of H-pyrrole nitrogens is 2. The van der Waals surface area contributed by atoms with Crippen LogP contribution in [0, 0.1) is 6.92 Å². The van der Waals surface area contributed by atoms with Crippen LogP contribution in [0.3, 0.4) is 0 Å². The summed E-state index contributed by atoms with van der Waals surface area (Å²) >= 11 is 0. The minimum Gasteiger partial charge on any atom is -0.488 e. The zero-order valence-electron chi connectivity index (χ0n) is 18.4. The summed E-state index contributed by atoms with van der Waals surface area (Å²) in [5, 5.41) is 2.43. The summed E-state index contributed by atoms with van der Waals surface area (Å²) < 4.78 is 6.24. The van der Waals surface area contributed by atoms with Crippen molar-refractivity contribution < 1.29 is 4.74 Å². The van der Waals surface area contributed by atoms with E-state index in [2.05, 4.69) is 82.3 Å². The number of imidazole rings is 2. The van der Waals surface area contributed by atoms with Crippen LogP contribution in [0.2, 0.25) is 0 Å². The zero-order chi connectivity index (χ0) is 21.8. The average molecular weight is 421 g/mol. The third-order valence-corrected chi connectivity index (χ3v) is 6.24. The molecule has 2 N–H and O–H groups in total. The van der Waals surface area contributed by atoms with Crippen molar-refractivity contribution in [2.24, 2.45) is 0 Å². The number of nitrogens with one attached hydrogen (secondary N) is 2. The Bertz CT molecular complexity index is 1470. The molecule has 5 aromatic rings. The summed E-state index contributed by atoms with van der Waals surface area (Å²) in [5.74, 6) is 3.21. The Kier molecular flexibility index (Phi) is 4.18. The molecule has 1 aliphatic heterocycles. The van der Waals surface area contributed by atoms with Gasteiger partial charge in [0.25, 0.3) is 0 Å². The van der Waals surface area contributed by atoms with Crippen molar-refractivity contribution in [3.05, 3.63) is 78.1 Å². The first-order chi connectivity index (χ1) is 15.6. The first-order valence-electron chi connectivity index (χ1n) is 11.0. The number of aromatic nitrogens is 4. The molecule has 3 aromatic carbocycles. The van der Waals surface area contributed by atoms with Gasteiger partial charge in [0.05, 0.1) is 23.8 Å². The van der Waals surface area contributed by atoms with Gasteiger partial charge in [0.2, 0.25) is 0 Å². The van der Waals surface area contributed by atoms with E-state index in [0.717, 1.165) is 45.5 Å². The Morgan fingerprint density at radius 2 is 1.59 bits per heavy atom. The van der Waals surface area contributed by atoms with Gasteiger partial charge in [-0.15, -0.1) is 0 Å². The topological polar surface area (TPSA) is 66.6 Å². The fourth-order valence-corrected chi connectivity index (χ4v) is 4.50. The third-order valence-electron chi connectivity index (χ3n) is 6.24. The Morgan fingerprint density at radius 1 is 0.844 bits per heavy atom. The van der Waals surface area contributed by atoms with E-state index in [4.69, 9.17) is 4.74 Å². The van der Waals surface area contributed by atoms with E-state index in [9.17, 15) is 0 Å². The Hall–Kier alpha value is -3.86. The molecule has 6 rings (SSSR count). The van der Waals surface area contributed by atoms with Gasteiger partial charge in [-0.25, -0.2) is 9.97 Å². The van der Waals surface area contributed by atoms with Gasteiger partial charge in [-0.3, -0.25) is 0 Å². The van der Waals surface area contributed by atoms with Crippen molar-refractivity contribution in [2.45, 2.75) is 33.3 Å². The second-order valence-corrected chi connectivity index (χ2v) is 8.75. The molecule has 5 nitrogen and oxygen atoms in total. The van der Waals surface area contributed by atoms with E-state index in [-0.39, 0.29) is 0 Å². The number of hydrogen-bond acceptors (Lipinski definition) is 3. The van der Waals surface area contributed by atoms with Crippen molar-refractivity contribution in [2.75, 3.05) is 0 Å². The van der Waals surface area contributed by atoms with Gasteiger partial charge in [-0.05, 0) is 41.5 Å². The Balaban J connectivity index is 1.40. The Morgan fingerprint density at radius 3 is 2.38 bits per heavy atom. The molecule has 0 bridgehead atoms. The van der Waals surface area contributed by atoms with Gasteiger partial charge in [0, 0.05) is 28.2 Å². The lowest BCUT2D eigenvalue weighted by Gasteiger charge is -2.23. The molecule has 1 aliphatic rings. The van der Waals surface area contributed by atoms with Gasteiger partial charge in [0.15, 0.2) is 0 Å². The van der Waals surface area contributed by atoms with E-state index >= 15 is 0 Å². The van der Waals surface area contributed by atoms with Crippen molar-refractivity contribution in [3.63, 3.8) is 0 Å². The molecule has 0 fully saturated rings. The summed E-state index contributed by atoms with van der Waals surface area (Å²) in [6.07, 6.45) is 3.79. The molecule has 158 valence electrons. The maximum Gasteiger partial charge on any atom is 0.128 e. The summed E-state index contributed by atoms with van der Waals surface area (Å²) in [5.41, 5.74) is 7.89. The molecule has 0 amide bonds. The minimum atomic E-state index is 0.371. The predicted molar refractivity (Wildman–Crippen MR) is 128 cm³/mol. The summed E-state index contributed by atoms with van der Waals surface area (Å²) in [6, 6.07) is 17.4. The quantitative estimate of drug-likeness (QED) is 0.345. The SMILES string of the molecule is Cc1ncc(-c2ccc3c4c(ccc3c2)-c2ccc(-c3cnc(C(C)C)[nH]3)cc2OC4)[nH]1. The molecule has 0 spiro atoms. The predicted octanol–water partition coefficient (Wildman–Crippen LogP) is 6.61. The van der Waals surface area contributed by atoms with E-state index in [0.29, 0.717) is 12.5 Å². The van der Waals surface area contributed by atoms with Crippen LogP contribution in [0.25, 0.3) is 44.4 Å². The standard InChI is InChI=1S/C27H24N4O/c1-15(2)27-29-13-25(31-27)19-6-9-22-21-8-4-17-10-18(24-12-28-16(3)30-24)5-7-20(17)23(21)14-32-26(22)11-19/h4-13,15H,14H2,1-3H3,(H,28,30)(H,29,31). The highest BCUT2D eigenvalue weighted by Crippen LogP contribution is 2.42. The molecule has 0 unspecified atom stereocenters. The van der Waals surface area contributed by atoms with Gasteiger partial charge in [0.1, 0.15) is 24.0 Å². The summed E-state index contributed by atoms with van der Waals surface area (Å²) in [6.45, 7) is 6.81. The van der Waals surface area contributed by atoms with Crippen LogP contribution >= 0.6 is 0 Å². The number of ether oxygens (including phenoxy) is 1. The summed E-state index contributed by atoms with van der Waals surface area (Å²) in [7, 11) is 0. The number of nitrogens with zero attached hydrogens (tertiary/aromatic N) is 2. The lowest BCUT2D eigenvalue weighted by molar-refractivity contribution is 0.304. The third kappa shape index (κ3) is 3.01. The fourth-order valence-electron chi connectivity index (χ4n) is 4.50. The van der Waals surface area contributed by atoms with E-state index < -0.39 is 0 Å². The molecular formula is C27H24N4O. The number of aromatic amines is 2. The minimum absolute atomic E-state index is 0.371. The number of aryl methyl sites for hydroxylation is 1. The highest BCUT2D eigenvalue weighted by Gasteiger charge is 2.21. The van der Waals surface area contributed by atoms with Crippen LogP contribution in [-0.2, 0) is 6.61 Å². The molecule has 2 aromatic heterocycles. The molecule has 0 saturated heterocycles. The fraction of sp³-hybridized carbons (Fsp3) is 0.185. The highest BCUT2D eigenvalue weighted by atomic mass is 16.5. The molecule has 32 heavy (non-hydrogen) atoms. The normalized spacial score (nSPS) is 12.6. The zero-order valence-corrected chi connectivity index (χ0v) is 18.4. The van der Waals surface area contributed by atoms with Gasteiger partial charge < -0.3 is 14.7 Å². The maximum absolute atomic E-state index is 6.24. The van der Waals surface area contributed by atoms with Crippen LogP contribution < -0.4 is 4.74 Å². The maximum atomic E-state index is 6.24. The summed E-state index contributed by atoms with van der Waals surface area (Å²) in [4.78, 5) is 15.6. The van der Waals surface area contributed by atoms with Crippen molar-refractivity contribution in [3.8, 4) is 39.4 Å². The number of rotatable bonds is 3. The first kappa shape index (κ1) is 18.9. The smallest absolute Gasteiger partial charge is 0.128 e. The van der Waals surface area contributed by atoms with Crippen LogP contribution in [0.5, 0.6) is 5.75 Å². The molecule has 0 atom stereocenters. The second kappa shape index (κ2) is 7.09. The lowest BCUT2D eigenvalue weighted by atomic mass is 9.91. The van der Waals surface area contributed by atoms with E-state index in [1.807, 2.05) is 19.3 Å². The van der Waals surface area contributed by atoms with Crippen LogP contribution in [0.4, 0.5) is 0 Å². The lowest BCUT2D eigenvalue weighted by Crippen LogP contribution is -2.06. The van der Waals surface area contributed by atoms with E-state index in [1.165, 1.54) is 21.9 Å². The molecule has 5 heteroatoms. The molecule has 0 radical (unpaired) electrons. The van der Waals surface area contributed by atoms with Gasteiger partial charge in [-0.1, -0.05) is 44.2 Å². The Labute approximate surface area is 186 Å². The van der Waals surface area contributed by atoms with E-state index in [1.54, 1.807) is 0 Å². The van der Waals surface area contributed by atoms with Crippen LogP contribution in [0.1, 0.15) is 37.0 Å².